The minimum Gasteiger partial charge on any atom is -0.382 e. The van der Waals surface area contributed by atoms with Gasteiger partial charge in [-0.2, -0.15) is 4.31 Å². The molecule has 1 aromatic rings. The van der Waals surface area contributed by atoms with Crippen molar-refractivity contribution >= 4 is 10.0 Å². The lowest BCUT2D eigenvalue weighted by molar-refractivity contribution is -0.152. The van der Waals surface area contributed by atoms with Crippen LogP contribution in [0.15, 0.2) is 9.42 Å². The fraction of sp³-hybridized carbons (Fsp3) is 0.824. The summed E-state index contributed by atoms with van der Waals surface area (Å²) in [4.78, 5) is 0.193. The van der Waals surface area contributed by atoms with E-state index < -0.39 is 10.0 Å². The van der Waals surface area contributed by atoms with Crippen LogP contribution in [0.5, 0.6) is 0 Å². The van der Waals surface area contributed by atoms with Gasteiger partial charge in [-0.15, -0.1) is 0 Å². The number of piperidine rings is 1. The van der Waals surface area contributed by atoms with Crippen molar-refractivity contribution in [2.75, 3.05) is 40.0 Å². The maximum atomic E-state index is 12.9. The van der Waals surface area contributed by atoms with E-state index in [0.29, 0.717) is 57.2 Å². The van der Waals surface area contributed by atoms with E-state index in [1.54, 1.807) is 21.0 Å². The molecule has 0 aromatic carbocycles. The van der Waals surface area contributed by atoms with Gasteiger partial charge in [-0.1, -0.05) is 5.16 Å². The molecule has 2 aliphatic rings. The predicted molar refractivity (Wildman–Crippen MR) is 93.5 cm³/mol. The third-order valence-corrected chi connectivity index (χ3v) is 7.43. The third kappa shape index (κ3) is 3.96. The van der Waals surface area contributed by atoms with Gasteiger partial charge in [0, 0.05) is 33.2 Å². The lowest BCUT2D eigenvalue weighted by Gasteiger charge is -2.45. The fourth-order valence-corrected chi connectivity index (χ4v) is 5.61. The third-order valence-electron chi connectivity index (χ3n) is 5.29. The standard InChI is InChI=1S/C17H28N2O6S/c1-13-16(14(2)25-18-13)26(20,21)19-7-5-17(6-8-19)12-15(4-9-24-17)23-11-10-22-3/h15H,4-12H2,1-3H3. The number of nitrogens with zero attached hydrogens (tertiary/aromatic N) is 2. The minimum atomic E-state index is -3.59. The fourth-order valence-electron chi connectivity index (χ4n) is 3.88. The molecule has 3 heterocycles. The second-order valence-corrected chi connectivity index (χ2v) is 8.94. The Morgan fingerprint density at radius 2 is 2.00 bits per heavy atom. The van der Waals surface area contributed by atoms with Gasteiger partial charge in [-0.25, -0.2) is 8.42 Å². The van der Waals surface area contributed by atoms with Crippen LogP contribution in [0.25, 0.3) is 0 Å². The van der Waals surface area contributed by atoms with Crippen molar-refractivity contribution in [2.24, 2.45) is 0 Å². The van der Waals surface area contributed by atoms with Crippen molar-refractivity contribution in [3.8, 4) is 0 Å². The monoisotopic (exact) mass is 388 g/mol. The molecule has 2 saturated heterocycles. The summed E-state index contributed by atoms with van der Waals surface area (Å²) >= 11 is 0. The summed E-state index contributed by atoms with van der Waals surface area (Å²) in [5.41, 5.74) is 0.115. The highest BCUT2D eigenvalue weighted by Crippen LogP contribution is 2.38. The predicted octanol–water partition coefficient (Wildman–Crippen LogP) is 1.66. The number of rotatable bonds is 6. The van der Waals surface area contributed by atoms with E-state index in [9.17, 15) is 8.42 Å². The van der Waals surface area contributed by atoms with Crippen LogP contribution in [0.2, 0.25) is 0 Å². The first-order valence-electron chi connectivity index (χ1n) is 9.05. The molecule has 0 radical (unpaired) electrons. The Hall–Kier alpha value is -1.00. The number of hydrogen-bond acceptors (Lipinski definition) is 7. The average molecular weight is 388 g/mol. The molecule has 26 heavy (non-hydrogen) atoms. The number of sulfonamides is 1. The Balaban J connectivity index is 1.63. The van der Waals surface area contributed by atoms with Crippen LogP contribution in [0, 0.1) is 13.8 Å². The Morgan fingerprint density at radius 1 is 1.27 bits per heavy atom. The molecule has 2 aliphatic heterocycles. The average Bonchev–Trinajstić information content (AvgIpc) is 2.95. The molecule has 0 N–H and O–H groups in total. The van der Waals surface area contributed by atoms with Gasteiger partial charge in [0.15, 0.2) is 5.76 Å². The molecule has 1 spiro atoms. The molecular formula is C17H28N2O6S. The van der Waals surface area contributed by atoms with Crippen LogP contribution in [0.1, 0.15) is 37.1 Å². The van der Waals surface area contributed by atoms with Crippen molar-refractivity contribution < 1.29 is 27.2 Å². The van der Waals surface area contributed by atoms with Gasteiger partial charge < -0.3 is 18.7 Å². The van der Waals surface area contributed by atoms with E-state index >= 15 is 0 Å². The molecule has 0 aliphatic carbocycles. The van der Waals surface area contributed by atoms with Gasteiger partial charge in [0.1, 0.15) is 10.6 Å². The van der Waals surface area contributed by atoms with E-state index in [4.69, 9.17) is 18.7 Å². The number of ether oxygens (including phenoxy) is 3. The van der Waals surface area contributed by atoms with E-state index in [1.165, 1.54) is 4.31 Å². The van der Waals surface area contributed by atoms with Gasteiger partial charge in [0.25, 0.3) is 0 Å². The zero-order valence-corrected chi connectivity index (χ0v) is 16.5. The van der Waals surface area contributed by atoms with Gasteiger partial charge in [0.2, 0.25) is 10.0 Å². The first-order chi connectivity index (χ1) is 12.4. The smallest absolute Gasteiger partial charge is 0.248 e. The molecule has 0 bridgehead atoms. The summed E-state index contributed by atoms with van der Waals surface area (Å²) in [5, 5.41) is 3.77. The molecule has 8 nitrogen and oxygen atoms in total. The molecule has 2 fully saturated rings. The van der Waals surface area contributed by atoms with Gasteiger partial charge in [-0.05, 0) is 33.1 Å². The van der Waals surface area contributed by atoms with E-state index in [1.807, 2.05) is 0 Å². The highest BCUT2D eigenvalue weighted by molar-refractivity contribution is 7.89. The van der Waals surface area contributed by atoms with Gasteiger partial charge in [-0.3, -0.25) is 0 Å². The molecule has 0 amide bonds. The van der Waals surface area contributed by atoms with E-state index in [0.717, 1.165) is 12.8 Å². The molecule has 148 valence electrons. The quantitative estimate of drug-likeness (QED) is 0.684. The van der Waals surface area contributed by atoms with Crippen molar-refractivity contribution in [1.29, 1.82) is 0 Å². The van der Waals surface area contributed by atoms with E-state index in [2.05, 4.69) is 5.16 Å². The summed E-state index contributed by atoms with van der Waals surface area (Å²) in [5.74, 6) is 0.336. The van der Waals surface area contributed by atoms with Gasteiger partial charge in [0.05, 0.1) is 24.9 Å². The van der Waals surface area contributed by atoms with Crippen LogP contribution in [0.3, 0.4) is 0 Å². The summed E-state index contributed by atoms with van der Waals surface area (Å²) in [6, 6.07) is 0. The van der Waals surface area contributed by atoms with Crippen molar-refractivity contribution in [1.82, 2.24) is 9.46 Å². The molecule has 0 saturated carbocycles. The zero-order valence-electron chi connectivity index (χ0n) is 15.7. The number of aryl methyl sites for hydroxylation is 2. The second kappa shape index (κ2) is 7.93. The van der Waals surface area contributed by atoms with E-state index in [-0.39, 0.29) is 16.6 Å². The maximum absolute atomic E-state index is 12.9. The number of methoxy groups -OCH3 is 1. The van der Waals surface area contributed by atoms with Crippen LogP contribution < -0.4 is 0 Å². The Labute approximate surface area is 154 Å². The van der Waals surface area contributed by atoms with Crippen LogP contribution in [-0.4, -0.2) is 69.6 Å². The summed E-state index contributed by atoms with van der Waals surface area (Å²) in [7, 11) is -1.94. The first-order valence-corrected chi connectivity index (χ1v) is 10.5. The largest absolute Gasteiger partial charge is 0.382 e. The van der Waals surface area contributed by atoms with Crippen molar-refractivity contribution in [3.63, 3.8) is 0 Å². The lowest BCUT2D eigenvalue weighted by Crippen LogP contribution is -2.52. The first kappa shape index (κ1) is 19.8. The highest BCUT2D eigenvalue weighted by atomic mass is 32.2. The van der Waals surface area contributed by atoms with Crippen LogP contribution in [-0.2, 0) is 24.2 Å². The van der Waals surface area contributed by atoms with Crippen LogP contribution >= 0.6 is 0 Å². The van der Waals surface area contributed by atoms with Crippen molar-refractivity contribution in [2.45, 2.75) is 56.1 Å². The van der Waals surface area contributed by atoms with Gasteiger partial charge >= 0.3 is 0 Å². The summed E-state index contributed by atoms with van der Waals surface area (Å²) < 4.78 is 49.4. The zero-order chi connectivity index (χ0) is 18.8. The van der Waals surface area contributed by atoms with Crippen molar-refractivity contribution in [3.05, 3.63) is 11.5 Å². The Morgan fingerprint density at radius 3 is 2.62 bits per heavy atom. The minimum absolute atomic E-state index is 0.143. The SMILES string of the molecule is COCCOC1CCOC2(CCN(S(=O)(=O)c3c(C)noc3C)CC2)C1. The maximum Gasteiger partial charge on any atom is 0.248 e. The summed E-state index contributed by atoms with van der Waals surface area (Å²) in [6.07, 6.45) is 3.15. The molecule has 1 unspecified atom stereocenters. The van der Waals surface area contributed by atoms with Crippen LogP contribution in [0.4, 0.5) is 0 Å². The highest BCUT2D eigenvalue weighted by Gasteiger charge is 2.44. The molecule has 1 atom stereocenters. The lowest BCUT2D eigenvalue weighted by atomic mass is 9.84. The molecule has 9 heteroatoms. The normalized spacial score (nSPS) is 24.2. The molecule has 1 aromatic heterocycles. The molecular weight excluding hydrogens is 360 g/mol. The second-order valence-electron chi connectivity index (χ2n) is 7.07. The Kier molecular flexibility index (Phi) is 6.03. The number of aromatic nitrogens is 1. The number of hydrogen-bond donors (Lipinski definition) is 0. The summed E-state index contributed by atoms with van der Waals surface area (Å²) in [6.45, 7) is 5.94. The topological polar surface area (TPSA) is 91.1 Å². The molecule has 3 rings (SSSR count). The Bertz CT molecular complexity index is 689.